The van der Waals surface area contributed by atoms with Gasteiger partial charge in [-0.15, -0.1) is 0 Å². The number of aromatic nitrogens is 2. The standard InChI is InChI=1S/C8H11N3S/c1-2-6-7(9-3-1)11-4-5-12-8(11)10-6/h9H,1-5H2. The van der Waals surface area contributed by atoms with Gasteiger partial charge in [0.15, 0.2) is 5.16 Å². The van der Waals surface area contributed by atoms with Crippen molar-refractivity contribution >= 4 is 17.6 Å². The van der Waals surface area contributed by atoms with Crippen LogP contribution < -0.4 is 5.32 Å². The largest absolute Gasteiger partial charge is 0.370 e. The minimum Gasteiger partial charge on any atom is -0.370 e. The summed E-state index contributed by atoms with van der Waals surface area (Å²) in [6, 6.07) is 0. The number of nitrogens with one attached hydrogen (secondary N) is 1. The molecule has 0 radical (unpaired) electrons. The first kappa shape index (κ1) is 6.83. The molecule has 4 heteroatoms. The Labute approximate surface area is 75.6 Å². The fourth-order valence-electron chi connectivity index (χ4n) is 1.86. The molecule has 1 aromatic rings. The summed E-state index contributed by atoms with van der Waals surface area (Å²) in [5, 5.41) is 4.65. The van der Waals surface area contributed by atoms with Crippen LogP contribution in [0.25, 0.3) is 0 Å². The van der Waals surface area contributed by atoms with Crippen LogP contribution in [0, 0.1) is 0 Å². The highest BCUT2D eigenvalue weighted by Crippen LogP contribution is 2.33. The van der Waals surface area contributed by atoms with Crippen molar-refractivity contribution in [1.82, 2.24) is 9.55 Å². The summed E-state index contributed by atoms with van der Waals surface area (Å²) < 4.78 is 2.32. The molecule has 3 heterocycles. The van der Waals surface area contributed by atoms with E-state index in [0.29, 0.717) is 0 Å². The van der Waals surface area contributed by atoms with Crippen LogP contribution in [-0.4, -0.2) is 21.8 Å². The molecule has 3 nitrogen and oxygen atoms in total. The highest BCUT2D eigenvalue weighted by molar-refractivity contribution is 7.99. The fourth-order valence-corrected chi connectivity index (χ4v) is 2.83. The number of thioether (sulfide) groups is 1. The summed E-state index contributed by atoms with van der Waals surface area (Å²) in [6.07, 6.45) is 2.39. The molecule has 0 aromatic carbocycles. The summed E-state index contributed by atoms with van der Waals surface area (Å²) in [4.78, 5) is 4.59. The maximum Gasteiger partial charge on any atom is 0.169 e. The normalized spacial score (nSPS) is 20.0. The monoisotopic (exact) mass is 181 g/mol. The Hall–Kier alpha value is -0.640. The third-order valence-electron chi connectivity index (χ3n) is 2.43. The Bertz CT molecular complexity index is 318. The second-order valence-electron chi connectivity index (χ2n) is 3.22. The van der Waals surface area contributed by atoms with Gasteiger partial charge < -0.3 is 9.88 Å². The van der Waals surface area contributed by atoms with Crippen LogP contribution in [0.4, 0.5) is 5.82 Å². The zero-order valence-corrected chi connectivity index (χ0v) is 7.65. The van der Waals surface area contributed by atoms with E-state index in [1.807, 2.05) is 11.8 Å². The first-order chi connectivity index (χ1) is 5.95. The quantitative estimate of drug-likeness (QED) is 0.655. The molecule has 2 aliphatic rings. The van der Waals surface area contributed by atoms with E-state index in [4.69, 9.17) is 0 Å². The van der Waals surface area contributed by atoms with Gasteiger partial charge in [-0.2, -0.15) is 0 Å². The summed E-state index contributed by atoms with van der Waals surface area (Å²) >= 11 is 1.87. The zero-order chi connectivity index (χ0) is 7.97. The van der Waals surface area contributed by atoms with Gasteiger partial charge in [-0.05, 0) is 12.8 Å². The molecule has 0 saturated carbocycles. The van der Waals surface area contributed by atoms with Crippen LogP contribution in [0.3, 0.4) is 0 Å². The van der Waals surface area contributed by atoms with E-state index in [-0.39, 0.29) is 0 Å². The first-order valence-electron chi connectivity index (χ1n) is 4.41. The molecule has 0 amide bonds. The van der Waals surface area contributed by atoms with Gasteiger partial charge in [0.2, 0.25) is 0 Å². The topological polar surface area (TPSA) is 29.9 Å². The van der Waals surface area contributed by atoms with Crippen LogP contribution in [0.5, 0.6) is 0 Å². The molecule has 0 aliphatic carbocycles. The summed E-state index contributed by atoms with van der Waals surface area (Å²) in [5.41, 5.74) is 1.28. The Morgan fingerprint density at radius 1 is 1.50 bits per heavy atom. The Kier molecular flexibility index (Phi) is 1.38. The van der Waals surface area contributed by atoms with Crippen molar-refractivity contribution in [3.05, 3.63) is 5.69 Å². The molecule has 1 aromatic heterocycles. The van der Waals surface area contributed by atoms with E-state index in [2.05, 4.69) is 14.9 Å². The highest BCUT2D eigenvalue weighted by Gasteiger charge is 2.22. The lowest BCUT2D eigenvalue weighted by atomic mass is 10.2. The van der Waals surface area contributed by atoms with Crippen molar-refractivity contribution in [2.24, 2.45) is 0 Å². The lowest BCUT2D eigenvalue weighted by Crippen LogP contribution is -2.14. The van der Waals surface area contributed by atoms with E-state index >= 15 is 0 Å². The van der Waals surface area contributed by atoms with Gasteiger partial charge in [0.25, 0.3) is 0 Å². The van der Waals surface area contributed by atoms with Crippen molar-refractivity contribution in [3.8, 4) is 0 Å². The molecule has 64 valence electrons. The second kappa shape index (κ2) is 2.42. The van der Waals surface area contributed by atoms with Gasteiger partial charge in [-0.25, -0.2) is 4.98 Å². The van der Waals surface area contributed by atoms with Gasteiger partial charge in [0, 0.05) is 18.8 Å². The predicted octanol–water partition coefficient (Wildman–Crippen LogP) is 1.35. The van der Waals surface area contributed by atoms with Gasteiger partial charge in [-0.3, -0.25) is 0 Å². The van der Waals surface area contributed by atoms with Gasteiger partial charge in [0.05, 0.1) is 5.69 Å². The fraction of sp³-hybridized carbons (Fsp3) is 0.625. The van der Waals surface area contributed by atoms with Crippen LogP contribution in [0.2, 0.25) is 0 Å². The van der Waals surface area contributed by atoms with Gasteiger partial charge in [-0.1, -0.05) is 11.8 Å². The van der Waals surface area contributed by atoms with Crippen LogP contribution in [0.1, 0.15) is 12.1 Å². The van der Waals surface area contributed by atoms with E-state index in [9.17, 15) is 0 Å². The van der Waals surface area contributed by atoms with Crippen molar-refractivity contribution < 1.29 is 0 Å². The molecule has 2 aliphatic heterocycles. The Morgan fingerprint density at radius 3 is 3.50 bits per heavy atom. The van der Waals surface area contributed by atoms with Crippen LogP contribution >= 0.6 is 11.8 Å². The number of rotatable bonds is 0. The first-order valence-corrected chi connectivity index (χ1v) is 5.40. The van der Waals surface area contributed by atoms with Crippen molar-refractivity contribution in [2.75, 3.05) is 17.6 Å². The Balaban J connectivity index is 2.14. The third-order valence-corrected chi connectivity index (χ3v) is 3.39. The SMILES string of the molecule is C1CNc2c(nc3n2CCS3)C1. The highest BCUT2D eigenvalue weighted by atomic mass is 32.2. The lowest BCUT2D eigenvalue weighted by molar-refractivity contribution is 0.717. The van der Waals surface area contributed by atoms with Crippen LogP contribution in [-0.2, 0) is 13.0 Å². The molecule has 0 saturated heterocycles. The smallest absolute Gasteiger partial charge is 0.169 e. The minimum absolute atomic E-state index is 1.11. The van der Waals surface area contributed by atoms with Gasteiger partial charge >= 0.3 is 0 Å². The van der Waals surface area contributed by atoms with Crippen molar-refractivity contribution in [3.63, 3.8) is 0 Å². The average Bonchev–Trinajstić information content (AvgIpc) is 2.62. The average molecular weight is 181 g/mol. The van der Waals surface area contributed by atoms with E-state index < -0.39 is 0 Å². The van der Waals surface area contributed by atoms with E-state index in [0.717, 1.165) is 19.5 Å². The number of hydrogen-bond donors (Lipinski definition) is 1. The number of aryl methyl sites for hydroxylation is 1. The molecule has 1 N–H and O–H groups in total. The minimum atomic E-state index is 1.11. The maximum atomic E-state index is 4.59. The summed E-state index contributed by atoms with van der Waals surface area (Å²) in [6.45, 7) is 2.25. The Morgan fingerprint density at radius 2 is 2.50 bits per heavy atom. The molecule has 0 atom stereocenters. The molecule has 0 unspecified atom stereocenters. The van der Waals surface area contributed by atoms with E-state index in [1.54, 1.807) is 0 Å². The second-order valence-corrected chi connectivity index (χ2v) is 4.28. The lowest BCUT2D eigenvalue weighted by Gasteiger charge is -2.14. The molecule has 0 bridgehead atoms. The molecular weight excluding hydrogens is 170 g/mol. The van der Waals surface area contributed by atoms with Gasteiger partial charge in [0.1, 0.15) is 5.82 Å². The predicted molar refractivity (Wildman–Crippen MR) is 49.8 cm³/mol. The van der Waals surface area contributed by atoms with Crippen molar-refractivity contribution in [1.29, 1.82) is 0 Å². The number of hydrogen-bond acceptors (Lipinski definition) is 3. The summed E-state index contributed by atoms with van der Waals surface area (Å²) in [7, 11) is 0. The van der Waals surface area contributed by atoms with Crippen molar-refractivity contribution in [2.45, 2.75) is 24.5 Å². The molecule has 0 fully saturated rings. The molecule has 3 rings (SSSR count). The maximum absolute atomic E-state index is 4.59. The molecular formula is C8H11N3S. The number of nitrogens with zero attached hydrogens (tertiary/aromatic N) is 2. The number of anilines is 1. The van der Waals surface area contributed by atoms with Crippen LogP contribution in [0.15, 0.2) is 5.16 Å². The number of imidazole rings is 1. The molecule has 0 spiro atoms. The third kappa shape index (κ3) is 0.813. The zero-order valence-electron chi connectivity index (χ0n) is 6.84. The number of fused-ring (bicyclic) bond motifs is 3. The van der Waals surface area contributed by atoms with E-state index in [1.165, 1.54) is 28.8 Å². The molecule has 12 heavy (non-hydrogen) atoms. The summed E-state index contributed by atoms with van der Waals surface area (Å²) in [5.74, 6) is 2.48.